The molecule has 1 aromatic carbocycles. The number of ether oxygens (including phenoxy) is 1. The molecular weight excluding hydrogens is 210 g/mol. The molecule has 1 atom stereocenters. The second-order valence-corrected chi connectivity index (χ2v) is 6.24. The zero-order valence-electron chi connectivity index (χ0n) is 11.5. The van der Waals surface area contributed by atoms with E-state index in [0.29, 0.717) is 6.04 Å². The number of rotatable bonds is 2. The van der Waals surface area contributed by atoms with Gasteiger partial charge in [-0.2, -0.15) is 0 Å². The third-order valence-corrected chi connectivity index (χ3v) is 3.43. The van der Waals surface area contributed by atoms with E-state index in [4.69, 9.17) is 4.74 Å². The summed E-state index contributed by atoms with van der Waals surface area (Å²) in [6.45, 7) is 10.8. The van der Waals surface area contributed by atoms with Crippen LogP contribution in [-0.2, 0) is 4.74 Å². The molecule has 1 aromatic rings. The van der Waals surface area contributed by atoms with Gasteiger partial charge in [0.15, 0.2) is 0 Å². The largest absolute Gasteiger partial charge is 0.379 e. The fourth-order valence-corrected chi connectivity index (χ4v) is 2.72. The normalized spacial score (nSPS) is 25.8. The van der Waals surface area contributed by atoms with Crippen LogP contribution in [0.2, 0.25) is 0 Å². The Bertz CT molecular complexity index is 409. The topological polar surface area (TPSA) is 21.3 Å². The minimum atomic E-state index is -0.118. The van der Waals surface area contributed by atoms with Gasteiger partial charge in [-0.15, -0.1) is 0 Å². The first-order chi connectivity index (χ1) is 7.78. The lowest BCUT2D eigenvalue weighted by Crippen LogP contribution is -2.38. The average molecular weight is 233 g/mol. The predicted molar refractivity (Wildman–Crippen MR) is 72.4 cm³/mol. The van der Waals surface area contributed by atoms with Crippen LogP contribution < -0.4 is 5.32 Å². The van der Waals surface area contributed by atoms with Gasteiger partial charge in [0, 0.05) is 5.69 Å². The second kappa shape index (κ2) is 4.02. The van der Waals surface area contributed by atoms with Gasteiger partial charge in [0.25, 0.3) is 0 Å². The highest BCUT2D eigenvalue weighted by atomic mass is 16.5. The van der Waals surface area contributed by atoms with Gasteiger partial charge in [0.05, 0.1) is 17.2 Å². The lowest BCUT2D eigenvalue weighted by molar-refractivity contribution is -0.0662. The number of hydrogen-bond acceptors (Lipinski definition) is 2. The Morgan fingerprint density at radius 1 is 1.24 bits per heavy atom. The number of anilines is 1. The zero-order valence-corrected chi connectivity index (χ0v) is 11.5. The molecule has 0 aromatic heterocycles. The van der Waals surface area contributed by atoms with Crippen molar-refractivity contribution in [3.8, 4) is 0 Å². The Labute approximate surface area is 104 Å². The molecule has 17 heavy (non-hydrogen) atoms. The summed E-state index contributed by atoms with van der Waals surface area (Å²) in [5.41, 5.74) is 2.31. The van der Waals surface area contributed by atoms with E-state index in [0.717, 1.165) is 6.42 Å². The van der Waals surface area contributed by atoms with Crippen LogP contribution in [0, 0.1) is 6.92 Å². The molecule has 1 unspecified atom stereocenters. The molecule has 1 fully saturated rings. The molecule has 1 aliphatic rings. The van der Waals surface area contributed by atoms with Gasteiger partial charge in [-0.25, -0.2) is 0 Å². The summed E-state index contributed by atoms with van der Waals surface area (Å²) in [6.07, 6.45) is 1.04. The minimum absolute atomic E-state index is 0.0367. The molecule has 0 aliphatic carbocycles. The molecule has 0 radical (unpaired) electrons. The molecular formula is C15H23NO. The van der Waals surface area contributed by atoms with Gasteiger partial charge in [-0.3, -0.25) is 0 Å². The number of benzene rings is 1. The summed E-state index contributed by atoms with van der Waals surface area (Å²) in [5, 5.41) is 3.60. The van der Waals surface area contributed by atoms with Gasteiger partial charge < -0.3 is 10.1 Å². The average Bonchev–Trinajstić information content (AvgIpc) is 2.34. The second-order valence-electron chi connectivity index (χ2n) is 6.24. The van der Waals surface area contributed by atoms with Gasteiger partial charge in [0.2, 0.25) is 0 Å². The van der Waals surface area contributed by atoms with Gasteiger partial charge in [-0.05, 0) is 58.7 Å². The quantitative estimate of drug-likeness (QED) is 0.840. The van der Waals surface area contributed by atoms with Crippen molar-refractivity contribution in [2.45, 2.75) is 58.3 Å². The van der Waals surface area contributed by atoms with E-state index < -0.39 is 0 Å². The highest BCUT2D eigenvalue weighted by Gasteiger charge is 2.45. The smallest absolute Gasteiger partial charge is 0.0834 e. The summed E-state index contributed by atoms with van der Waals surface area (Å²) in [7, 11) is 0. The Morgan fingerprint density at radius 3 is 2.47 bits per heavy atom. The van der Waals surface area contributed by atoms with Crippen molar-refractivity contribution in [3.63, 3.8) is 0 Å². The number of hydrogen-bond donors (Lipinski definition) is 1. The van der Waals surface area contributed by atoms with E-state index >= 15 is 0 Å². The van der Waals surface area contributed by atoms with Crippen LogP contribution in [0.4, 0.5) is 5.69 Å². The maximum atomic E-state index is 6.09. The van der Waals surface area contributed by atoms with Crippen LogP contribution in [0.5, 0.6) is 0 Å². The monoisotopic (exact) mass is 233 g/mol. The Balaban J connectivity index is 2.14. The van der Waals surface area contributed by atoms with Crippen molar-refractivity contribution in [3.05, 3.63) is 29.8 Å². The molecule has 2 heteroatoms. The summed E-state index contributed by atoms with van der Waals surface area (Å²) in [4.78, 5) is 0. The van der Waals surface area contributed by atoms with Crippen LogP contribution in [-0.4, -0.2) is 17.2 Å². The predicted octanol–water partition coefficient (Wildman–Crippen LogP) is 3.75. The van der Waals surface area contributed by atoms with E-state index in [1.807, 2.05) is 0 Å². The molecule has 0 bridgehead atoms. The minimum Gasteiger partial charge on any atom is -0.379 e. The number of aryl methyl sites for hydroxylation is 1. The van der Waals surface area contributed by atoms with Gasteiger partial charge in [0.1, 0.15) is 0 Å². The van der Waals surface area contributed by atoms with Crippen molar-refractivity contribution < 1.29 is 4.74 Å². The summed E-state index contributed by atoms with van der Waals surface area (Å²) in [6, 6.07) is 8.87. The third kappa shape index (κ3) is 2.81. The molecule has 94 valence electrons. The molecule has 0 saturated carbocycles. The fourth-order valence-electron chi connectivity index (χ4n) is 2.72. The first kappa shape index (κ1) is 12.4. The van der Waals surface area contributed by atoms with E-state index in [-0.39, 0.29) is 11.2 Å². The van der Waals surface area contributed by atoms with E-state index in [2.05, 4.69) is 64.2 Å². The first-order valence-corrected chi connectivity index (χ1v) is 6.32. The third-order valence-electron chi connectivity index (χ3n) is 3.43. The highest BCUT2D eigenvalue weighted by molar-refractivity contribution is 5.47. The van der Waals surface area contributed by atoms with Gasteiger partial charge >= 0.3 is 0 Å². The fraction of sp³-hybridized carbons (Fsp3) is 0.600. The van der Waals surface area contributed by atoms with Crippen molar-refractivity contribution >= 4 is 5.69 Å². The lowest BCUT2D eigenvalue weighted by atomic mass is 9.94. The van der Waals surface area contributed by atoms with E-state index in [1.54, 1.807) is 0 Å². The Morgan fingerprint density at radius 2 is 1.94 bits per heavy atom. The molecule has 1 aliphatic heterocycles. The SMILES string of the molecule is Cc1cccc(NC2CC(C)(C)OC2(C)C)c1. The van der Waals surface area contributed by atoms with Crippen molar-refractivity contribution in [2.24, 2.45) is 0 Å². The van der Waals surface area contributed by atoms with Crippen molar-refractivity contribution in [1.29, 1.82) is 0 Å². The maximum absolute atomic E-state index is 6.09. The van der Waals surface area contributed by atoms with Crippen LogP contribution in [0.1, 0.15) is 39.7 Å². The summed E-state index contributed by atoms with van der Waals surface area (Å²) < 4.78 is 6.09. The molecule has 2 rings (SSSR count). The lowest BCUT2D eigenvalue weighted by Gasteiger charge is -2.28. The van der Waals surface area contributed by atoms with Crippen LogP contribution >= 0.6 is 0 Å². The molecule has 0 spiro atoms. The molecule has 1 heterocycles. The van der Waals surface area contributed by atoms with Crippen LogP contribution in [0.3, 0.4) is 0 Å². The molecule has 0 amide bonds. The standard InChI is InChI=1S/C15H23NO/c1-11-7-6-8-12(9-11)16-13-10-14(2,3)17-15(13,4)5/h6-9,13,16H,10H2,1-5H3. The Hall–Kier alpha value is -1.02. The summed E-state index contributed by atoms with van der Waals surface area (Å²) in [5.74, 6) is 0. The maximum Gasteiger partial charge on any atom is 0.0834 e. The van der Waals surface area contributed by atoms with E-state index in [9.17, 15) is 0 Å². The summed E-state index contributed by atoms with van der Waals surface area (Å²) >= 11 is 0. The van der Waals surface area contributed by atoms with Gasteiger partial charge in [-0.1, -0.05) is 12.1 Å². The van der Waals surface area contributed by atoms with E-state index in [1.165, 1.54) is 11.3 Å². The number of nitrogens with one attached hydrogen (secondary N) is 1. The van der Waals surface area contributed by atoms with Crippen molar-refractivity contribution in [2.75, 3.05) is 5.32 Å². The van der Waals surface area contributed by atoms with Crippen LogP contribution in [0.15, 0.2) is 24.3 Å². The molecule has 1 saturated heterocycles. The van der Waals surface area contributed by atoms with Crippen molar-refractivity contribution in [1.82, 2.24) is 0 Å². The first-order valence-electron chi connectivity index (χ1n) is 6.32. The Kier molecular flexibility index (Phi) is 2.94. The van der Waals surface area contributed by atoms with Crippen LogP contribution in [0.25, 0.3) is 0 Å². The molecule has 1 N–H and O–H groups in total. The zero-order chi connectivity index (χ0) is 12.7. The molecule has 2 nitrogen and oxygen atoms in total. The highest BCUT2D eigenvalue weighted by Crippen LogP contribution is 2.38.